The Balaban J connectivity index is 2.58. The average molecular weight is 280 g/mol. The molecule has 0 fully saturated rings. The molecule has 1 N–H and O–H groups in total. The number of esters is 1. The van der Waals surface area contributed by atoms with Gasteiger partial charge in [0.25, 0.3) is 0 Å². The molecule has 0 bridgehead atoms. The Morgan fingerprint density at radius 3 is 1.95 bits per heavy atom. The van der Waals surface area contributed by atoms with E-state index in [9.17, 15) is 26.7 Å². The minimum absolute atomic E-state index is 0.579. The predicted octanol–water partition coefficient (Wildman–Crippen LogP) is 2.81. The van der Waals surface area contributed by atoms with E-state index in [1.807, 2.05) is 0 Å². The van der Waals surface area contributed by atoms with Crippen LogP contribution in [0.3, 0.4) is 0 Å². The maximum Gasteiger partial charge on any atom is 0.334 e. The first-order chi connectivity index (χ1) is 8.82. The SMILES string of the molecule is O=C1C=C(O)CC(c2c(F)c(F)c(F)c(F)c2F)O1. The molecule has 1 aromatic carbocycles. The number of halogens is 5. The number of aliphatic hydroxyl groups is 1. The first-order valence-corrected chi connectivity index (χ1v) is 4.94. The average Bonchev–Trinajstić information content (AvgIpc) is 2.33. The zero-order valence-electron chi connectivity index (χ0n) is 9.02. The molecule has 0 saturated heterocycles. The van der Waals surface area contributed by atoms with Gasteiger partial charge in [0.1, 0.15) is 11.9 Å². The number of carbonyl (C=O) groups excluding carboxylic acids is 1. The lowest BCUT2D eigenvalue weighted by Gasteiger charge is -2.22. The highest BCUT2D eigenvalue weighted by Crippen LogP contribution is 2.34. The Labute approximate surface area is 102 Å². The van der Waals surface area contributed by atoms with Crippen molar-refractivity contribution in [2.45, 2.75) is 12.5 Å². The topological polar surface area (TPSA) is 46.5 Å². The summed E-state index contributed by atoms with van der Waals surface area (Å²) in [5.41, 5.74) is -1.29. The molecule has 0 aromatic heterocycles. The van der Waals surface area contributed by atoms with Gasteiger partial charge in [-0.1, -0.05) is 0 Å². The molecule has 1 aliphatic rings. The monoisotopic (exact) mass is 280 g/mol. The van der Waals surface area contributed by atoms with Gasteiger partial charge in [0.15, 0.2) is 23.3 Å². The van der Waals surface area contributed by atoms with E-state index >= 15 is 0 Å². The summed E-state index contributed by atoms with van der Waals surface area (Å²) in [6.07, 6.45) is -1.71. The molecule has 0 amide bonds. The molecule has 1 atom stereocenters. The minimum Gasteiger partial charge on any atom is -0.512 e. The molecule has 0 spiro atoms. The number of carbonyl (C=O) groups is 1. The fourth-order valence-corrected chi connectivity index (χ4v) is 1.67. The third-order valence-corrected chi connectivity index (χ3v) is 2.50. The van der Waals surface area contributed by atoms with Crippen LogP contribution in [0.25, 0.3) is 0 Å². The Bertz CT molecular complexity index is 567. The standard InChI is InChI=1S/C11H5F5O3/c12-7-6(4-1-3(17)2-5(18)19-4)8(13)10(15)11(16)9(7)14/h2,4,17H,1H2. The van der Waals surface area contributed by atoms with Crippen molar-refractivity contribution in [1.82, 2.24) is 0 Å². The van der Waals surface area contributed by atoms with Gasteiger partial charge in [-0.3, -0.25) is 0 Å². The zero-order chi connectivity index (χ0) is 14.3. The molecule has 1 aromatic rings. The number of benzene rings is 1. The maximum absolute atomic E-state index is 13.4. The summed E-state index contributed by atoms with van der Waals surface area (Å²) >= 11 is 0. The molecule has 2 rings (SSSR count). The first kappa shape index (κ1) is 13.3. The van der Waals surface area contributed by atoms with Crippen LogP contribution in [0.2, 0.25) is 0 Å². The van der Waals surface area contributed by atoms with Crippen LogP contribution in [0, 0.1) is 29.1 Å². The van der Waals surface area contributed by atoms with E-state index in [-0.39, 0.29) is 0 Å². The van der Waals surface area contributed by atoms with E-state index < -0.39 is 58.9 Å². The van der Waals surface area contributed by atoms with Gasteiger partial charge in [0.2, 0.25) is 5.82 Å². The van der Waals surface area contributed by atoms with Crippen LogP contribution in [0.15, 0.2) is 11.8 Å². The predicted molar refractivity (Wildman–Crippen MR) is 50.4 cm³/mol. The van der Waals surface area contributed by atoms with Gasteiger partial charge < -0.3 is 9.84 Å². The van der Waals surface area contributed by atoms with Crippen molar-refractivity contribution in [3.05, 3.63) is 46.5 Å². The van der Waals surface area contributed by atoms with Gasteiger partial charge in [-0.2, -0.15) is 0 Å². The van der Waals surface area contributed by atoms with Crippen molar-refractivity contribution < 1.29 is 36.6 Å². The molecular formula is C11H5F5O3. The van der Waals surface area contributed by atoms with Crippen molar-refractivity contribution in [2.24, 2.45) is 0 Å². The van der Waals surface area contributed by atoms with Gasteiger partial charge in [0, 0.05) is 6.42 Å². The summed E-state index contributed by atoms with van der Waals surface area (Å²) in [5, 5.41) is 9.14. The largest absolute Gasteiger partial charge is 0.512 e. The van der Waals surface area contributed by atoms with E-state index in [2.05, 4.69) is 4.74 Å². The van der Waals surface area contributed by atoms with Crippen LogP contribution >= 0.6 is 0 Å². The Morgan fingerprint density at radius 1 is 1.00 bits per heavy atom. The van der Waals surface area contributed by atoms with Crippen LogP contribution in [-0.2, 0) is 9.53 Å². The number of aliphatic hydroxyl groups excluding tert-OH is 1. The molecule has 3 nitrogen and oxygen atoms in total. The van der Waals surface area contributed by atoms with Crippen LogP contribution in [-0.4, -0.2) is 11.1 Å². The number of cyclic esters (lactones) is 1. The molecule has 0 radical (unpaired) electrons. The van der Waals surface area contributed by atoms with Crippen molar-refractivity contribution in [3.63, 3.8) is 0 Å². The Kier molecular flexibility index (Phi) is 3.17. The summed E-state index contributed by atoms with van der Waals surface area (Å²) in [7, 11) is 0. The van der Waals surface area contributed by atoms with Crippen molar-refractivity contribution in [3.8, 4) is 0 Å². The van der Waals surface area contributed by atoms with Gasteiger partial charge in [-0.05, 0) is 0 Å². The number of ether oxygens (including phenoxy) is 1. The van der Waals surface area contributed by atoms with E-state index in [1.165, 1.54) is 0 Å². The summed E-state index contributed by atoms with van der Waals surface area (Å²) in [4.78, 5) is 11.0. The third kappa shape index (κ3) is 2.13. The van der Waals surface area contributed by atoms with E-state index in [4.69, 9.17) is 5.11 Å². The lowest BCUT2D eigenvalue weighted by molar-refractivity contribution is -0.145. The van der Waals surface area contributed by atoms with Gasteiger partial charge in [-0.25, -0.2) is 26.7 Å². The van der Waals surface area contributed by atoms with Crippen molar-refractivity contribution in [2.75, 3.05) is 0 Å². The molecule has 1 heterocycles. The molecule has 19 heavy (non-hydrogen) atoms. The van der Waals surface area contributed by atoms with Crippen molar-refractivity contribution in [1.29, 1.82) is 0 Å². The highest BCUT2D eigenvalue weighted by molar-refractivity contribution is 5.83. The summed E-state index contributed by atoms with van der Waals surface area (Å²) in [5.74, 6) is -12.5. The fraction of sp³-hybridized carbons (Fsp3) is 0.182. The lowest BCUT2D eigenvalue weighted by atomic mass is 10.0. The van der Waals surface area contributed by atoms with Crippen LogP contribution in [0.4, 0.5) is 22.0 Å². The van der Waals surface area contributed by atoms with Gasteiger partial charge >= 0.3 is 5.97 Å². The minimum atomic E-state index is -2.30. The first-order valence-electron chi connectivity index (χ1n) is 4.94. The van der Waals surface area contributed by atoms with Gasteiger partial charge in [0.05, 0.1) is 11.6 Å². The quantitative estimate of drug-likeness (QED) is 0.372. The summed E-state index contributed by atoms with van der Waals surface area (Å²) in [6, 6.07) is 0. The zero-order valence-corrected chi connectivity index (χ0v) is 9.02. The second-order valence-electron chi connectivity index (χ2n) is 3.75. The molecule has 102 valence electrons. The molecule has 0 aliphatic carbocycles. The van der Waals surface area contributed by atoms with Crippen LogP contribution in [0.5, 0.6) is 0 Å². The summed E-state index contributed by atoms with van der Waals surface area (Å²) in [6.45, 7) is 0. The molecular weight excluding hydrogens is 275 g/mol. The van der Waals surface area contributed by atoms with E-state index in [0.717, 1.165) is 0 Å². The molecule has 8 heteroatoms. The maximum atomic E-state index is 13.4. The number of rotatable bonds is 1. The fourth-order valence-electron chi connectivity index (χ4n) is 1.67. The van der Waals surface area contributed by atoms with Gasteiger partial charge in [-0.15, -0.1) is 0 Å². The third-order valence-electron chi connectivity index (χ3n) is 2.50. The normalized spacial score (nSPS) is 19.1. The Hall–Kier alpha value is -2.12. The van der Waals surface area contributed by atoms with E-state index in [1.54, 1.807) is 0 Å². The summed E-state index contributed by atoms with van der Waals surface area (Å²) < 4.78 is 70.1. The van der Waals surface area contributed by atoms with Crippen LogP contribution < -0.4 is 0 Å². The lowest BCUT2D eigenvalue weighted by Crippen LogP contribution is -2.20. The van der Waals surface area contributed by atoms with Crippen LogP contribution in [0.1, 0.15) is 18.1 Å². The second kappa shape index (κ2) is 4.52. The number of hydrogen-bond donors (Lipinski definition) is 1. The highest BCUT2D eigenvalue weighted by atomic mass is 19.2. The molecule has 0 saturated carbocycles. The number of hydrogen-bond acceptors (Lipinski definition) is 3. The Morgan fingerprint density at radius 2 is 1.47 bits per heavy atom. The van der Waals surface area contributed by atoms with E-state index in [0.29, 0.717) is 6.08 Å². The van der Waals surface area contributed by atoms with Crippen molar-refractivity contribution >= 4 is 5.97 Å². The smallest absolute Gasteiger partial charge is 0.334 e. The second-order valence-corrected chi connectivity index (χ2v) is 3.75. The molecule has 1 unspecified atom stereocenters. The molecule has 1 aliphatic heterocycles. The highest BCUT2D eigenvalue weighted by Gasteiger charge is 2.34.